The Balaban J connectivity index is 1.43. The number of piperidine rings is 1. The minimum Gasteiger partial charge on any atom is -0.317 e. The Labute approximate surface area is 166 Å². The lowest BCUT2D eigenvalue weighted by Crippen LogP contribution is -2.67. The second kappa shape index (κ2) is 7.21. The van der Waals surface area contributed by atoms with E-state index in [1.807, 2.05) is 4.90 Å². The fraction of sp³-hybridized carbons (Fsp3) is 0.478. The molecule has 1 spiro atoms. The molecule has 1 aromatic heterocycles. The van der Waals surface area contributed by atoms with E-state index in [1.165, 1.54) is 21.8 Å². The monoisotopic (exact) mass is 379 g/mol. The first kappa shape index (κ1) is 18.9. The molecule has 2 aromatic rings. The molecule has 0 saturated carbocycles. The third-order valence-corrected chi connectivity index (χ3v) is 6.25. The lowest BCUT2D eigenvalue weighted by Gasteiger charge is -2.53. The highest BCUT2D eigenvalue weighted by Crippen LogP contribution is 2.42. The van der Waals surface area contributed by atoms with Crippen LogP contribution < -0.4 is 10.5 Å². The zero-order chi connectivity index (χ0) is 19.9. The summed E-state index contributed by atoms with van der Waals surface area (Å²) in [6, 6.07) is 12.2. The fourth-order valence-electron chi connectivity index (χ4n) is 4.52. The van der Waals surface area contributed by atoms with Crippen LogP contribution in [0.5, 0.6) is 0 Å². The molecule has 0 bridgehead atoms. The lowest BCUT2D eigenvalue weighted by molar-refractivity contribution is -0.139. The van der Waals surface area contributed by atoms with Crippen LogP contribution in [0.4, 0.5) is 5.69 Å². The summed E-state index contributed by atoms with van der Waals surface area (Å²) >= 11 is 0. The highest BCUT2D eigenvalue weighted by molar-refractivity contribution is 6.04. The molecule has 2 aliphatic heterocycles. The fourth-order valence-corrected chi connectivity index (χ4v) is 4.52. The number of carbonyl (C=O) groups excluding carboxylic acids is 1. The summed E-state index contributed by atoms with van der Waals surface area (Å²) in [5, 5.41) is 0. The van der Waals surface area contributed by atoms with E-state index in [0.29, 0.717) is 5.92 Å². The van der Waals surface area contributed by atoms with Crippen LogP contribution in [0.3, 0.4) is 0 Å². The number of β-lactam (4-membered cyclic amide) rings is 1. The molecule has 2 saturated heterocycles. The number of nitrogens with zero attached hydrogens (tertiary/aromatic N) is 3. The lowest BCUT2D eigenvalue weighted by atomic mass is 9.72. The molecular weight excluding hydrogens is 350 g/mol. The Bertz CT molecular complexity index is 932. The quantitative estimate of drug-likeness (QED) is 0.767. The van der Waals surface area contributed by atoms with Crippen LogP contribution in [0.1, 0.15) is 43.7 Å². The minimum absolute atomic E-state index is 0.0567. The number of aromatic nitrogens is 1. The Morgan fingerprint density at radius 1 is 1.04 bits per heavy atom. The minimum atomic E-state index is -0.259. The topological polar surface area (TPSA) is 45.5 Å². The molecule has 5 heteroatoms. The molecule has 0 N–H and O–H groups in total. The molecule has 4 rings (SSSR count). The molecular formula is C23H29N3O2. The molecule has 0 aliphatic carbocycles. The zero-order valence-corrected chi connectivity index (χ0v) is 17.0. The number of rotatable bonds is 4. The predicted molar refractivity (Wildman–Crippen MR) is 112 cm³/mol. The van der Waals surface area contributed by atoms with Gasteiger partial charge < -0.3 is 9.47 Å². The van der Waals surface area contributed by atoms with E-state index in [4.69, 9.17) is 0 Å². The van der Waals surface area contributed by atoms with E-state index >= 15 is 0 Å². The Morgan fingerprint density at radius 3 is 2.43 bits per heavy atom. The average Bonchev–Trinajstić information content (AvgIpc) is 2.69. The number of carbonyl (C=O) groups is 1. The smallest absolute Gasteiger partial charge is 0.250 e. The van der Waals surface area contributed by atoms with Crippen molar-refractivity contribution in [1.82, 2.24) is 9.47 Å². The van der Waals surface area contributed by atoms with Crippen LogP contribution in [0.15, 0.2) is 47.4 Å². The molecule has 0 radical (unpaired) electrons. The van der Waals surface area contributed by atoms with Crippen molar-refractivity contribution in [3.63, 3.8) is 0 Å². The van der Waals surface area contributed by atoms with Crippen LogP contribution in [0, 0.1) is 5.41 Å². The molecule has 148 valence electrons. The Morgan fingerprint density at radius 2 is 1.79 bits per heavy atom. The molecule has 3 heterocycles. The number of pyridine rings is 1. The van der Waals surface area contributed by atoms with E-state index in [9.17, 15) is 9.59 Å². The highest BCUT2D eigenvalue weighted by atomic mass is 16.2. The second-order valence-electron chi connectivity index (χ2n) is 8.72. The van der Waals surface area contributed by atoms with Gasteiger partial charge in [-0.2, -0.15) is 0 Å². The van der Waals surface area contributed by atoms with E-state index in [1.54, 1.807) is 19.3 Å². The summed E-state index contributed by atoms with van der Waals surface area (Å²) in [6.07, 6.45) is 3.76. The maximum Gasteiger partial charge on any atom is 0.250 e. The van der Waals surface area contributed by atoms with Gasteiger partial charge in [-0.05, 0) is 42.5 Å². The average molecular weight is 380 g/mol. The van der Waals surface area contributed by atoms with Gasteiger partial charge >= 0.3 is 0 Å². The van der Waals surface area contributed by atoms with Gasteiger partial charge in [-0.1, -0.05) is 38.1 Å². The molecule has 1 atom stereocenters. The van der Waals surface area contributed by atoms with Crippen molar-refractivity contribution in [2.24, 2.45) is 12.5 Å². The van der Waals surface area contributed by atoms with Gasteiger partial charge in [-0.25, -0.2) is 0 Å². The van der Waals surface area contributed by atoms with Gasteiger partial charge in [0.25, 0.3) is 0 Å². The molecule has 0 unspecified atom stereocenters. The number of amides is 1. The standard InChI is InChI=1S/C23H29N3O2/c1-17(2)19-7-5-18(6-8-19)13-25-12-4-11-23(15-25)16-26(22(23)28)20-9-10-21(27)24(3)14-20/h5-10,14,17H,4,11-13,15-16H2,1-3H3/t23-/m1/s1. The van der Waals surface area contributed by atoms with E-state index in [-0.39, 0.29) is 16.9 Å². The third-order valence-electron chi connectivity index (χ3n) is 6.25. The van der Waals surface area contributed by atoms with Crippen LogP contribution in [-0.2, 0) is 18.4 Å². The summed E-state index contributed by atoms with van der Waals surface area (Å²) in [5.74, 6) is 0.745. The van der Waals surface area contributed by atoms with Crippen LogP contribution in [0.2, 0.25) is 0 Å². The number of hydrogen-bond donors (Lipinski definition) is 0. The van der Waals surface area contributed by atoms with Crippen LogP contribution in [0.25, 0.3) is 0 Å². The zero-order valence-electron chi connectivity index (χ0n) is 17.0. The second-order valence-corrected chi connectivity index (χ2v) is 8.72. The number of likely N-dealkylation sites (tertiary alicyclic amines) is 1. The van der Waals surface area contributed by atoms with E-state index < -0.39 is 0 Å². The summed E-state index contributed by atoms with van der Waals surface area (Å²) in [6.45, 7) is 7.92. The number of aryl methyl sites for hydroxylation is 1. The van der Waals surface area contributed by atoms with Gasteiger partial charge in [0.1, 0.15) is 0 Å². The van der Waals surface area contributed by atoms with Crippen molar-refractivity contribution < 1.29 is 4.79 Å². The van der Waals surface area contributed by atoms with Crippen LogP contribution in [-0.4, -0.2) is 35.0 Å². The molecule has 28 heavy (non-hydrogen) atoms. The summed E-state index contributed by atoms with van der Waals surface area (Å²) in [7, 11) is 1.72. The largest absolute Gasteiger partial charge is 0.317 e. The third kappa shape index (κ3) is 3.39. The molecule has 5 nitrogen and oxygen atoms in total. The number of hydrogen-bond acceptors (Lipinski definition) is 3. The molecule has 1 aromatic carbocycles. The van der Waals surface area contributed by atoms with Crippen molar-refractivity contribution in [2.45, 2.75) is 39.2 Å². The van der Waals surface area contributed by atoms with Crippen molar-refractivity contribution in [3.05, 3.63) is 64.1 Å². The first-order valence-electron chi connectivity index (χ1n) is 10.2. The van der Waals surface area contributed by atoms with Crippen molar-refractivity contribution >= 4 is 11.6 Å². The molecule has 1 amide bonds. The SMILES string of the molecule is CC(C)c1ccc(CN2CCC[C@@]3(C2)CN(c2ccc(=O)n(C)c2)C3=O)cc1. The van der Waals surface area contributed by atoms with E-state index in [2.05, 4.69) is 43.0 Å². The first-order chi connectivity index (χ1) is 13.4. The predicted octanol–water partition coefficient (Wildman–Crippen LogP) is 3.14. The summed E-state index contributed by atoms with van der Waals surface area (Å²) in [4.78, 5) is 28.9. The molecule has 2 fully saturated rings. The maximum absolute atomic E-state index is 13.1. The van der Waals surface area contributed by atoms with Crippen molar-refractivity contribution in [1.29, 1.82) is 0 Å². The highest BCUT2D eigenvalue weighted by Gasteiger charge is 2.54. The Hall–Kier alpha value is -2.40. The Kier molecular flexibility index (Phi) is 4.88. The summed E-state index contributed by atoms with van der Waals surface area (Å²) < 4.78 is 1.53. The van der Waals surface area contributed by atoms with Gasteiger partial charge in [0.2, 0.25) is 11.5 Å². The summed E-state index contributed by atoms with van der Waals surface area (Å²) in [5.41, 5.74) is 3.17. The van der Waals surface area contributed by atoms with Gasteiger partial charge in [0.15, 0.2) is 0 Å². The van der Waals surface area contributed by atoms with Gasteiger partial charge in [-0.3, -0.25) is 14.5 Å². The number of benzene rings is 1. The maximum atomic E-state index is 13.1. The van der Waals surface area contributed by atoms with Gasteiger partial charge in [-0.15, -0.1) is 0 Å². The van der Waals surface area contributed by atoms with Gasteiger partial charge in [0, 0.05) is 38.9 Å². The molecule has 2 aliphatic rings. The van der Waals surface area contributed by atoms with Crippen molar-refractivity contribution in [2.75, 3.05) is 24.5 Å². The van der Waals surface area contributed by atoms with Gasteiger partial charge in [0.05, 0.1) is 11.1 Å². The van der Waals surface area contributed by atoms with Crippen molar-refractivity contribution in [3.8, 4) is 0 Å². The van der Waals surface area contributed by atoms with Crippen LogP contribution >= 0.6 is 0 Å². The number of anilines is 1. The first-order valence-corrected chi connectivity index (χ1v) is 10.2. The normalized spacial score (nSPS) is 22.7. The van der Waals surface area contributed by atoms with E-state index in [0.717, 1.165) is 44.7 Å².